The number of nitrogens with one attached hydrogen (secondary N) is 2. The van der Waals surface area contributed by atoms with Crippen molar-refractivity contribution in [3.05, 3.63) is 52.3 Å². The lowest BCUT2D eigenvalue weighted by Crippen LogP contribution is -2.46. The fraction of sp³-hybridized carbons (Fsp3) is 0.412. The quantitative estimate of drug-likeness (QED) is 0.827. The van der Waals surface area contributed by atoms with E-state index < -0.39 is 5.76 Å². The second-order valence-corrected chi connectivity index (χ2v) is 6.09. The number of hydrogen-bond donors (Lipinski definition) is 2. The van der Waals surface area contributed by atoms with E-state index in [0.717, 1.165) is 5.56 Å². The highest BCUT2D eigenvalue weighted by molar-refractivity contribution is 5.84. The van der Waals surface area contributed by atoms with E-state index in [-0.39, 0.29) is 23.8 Å². The highest BCUT2D eigenvalue weighted by Gasteiger charge is 2.38. The standard InChI is InChI=1S/C17H20N4O4/c1-21-14(22)8-7-12(15(21)11-5-3-2-4-6-11)16(23)18-10-9-13-19-17(24)25-20-13/h2-6,12,15H,7-10H2,1H3,(H,18,23)(H,19,20,24)/t12-,15-/m1/s1. The van der Waals surface area contributed by atoms with Crippen molar-refractivity contribution >= 4 is 11.8 Å². The lowest BCUT2D eigenvalue weighted by molar-refractivity contribution is -0.141. The summed E-state index contributed by atoms with van der Waals surface area (Å²) in [5.41, 5.74) is 0.944. The van der Waals surface area contributed by atoms with Crippen LogP contribution in [0.25, 0.3) is 0 Å². The zero-order valence-corrected chi connectivity index (χ0v) is 13.9. The molecular formula is C17H20N4O4. The van der Waals surface area contributed by atoms with Gasteiger partial charge in [-0.1, -0.05) is 35.5 Å². The number of likely N-dealkylation sites (tertiary alicyclic amines) is 1. The van der Waals surface area contributed by atoms with E-state index in [1.54, 1.807) is 11.9 Å². The van der Waals surface area contributed by atoms with Crippen molar-refractivity contribution in [2.75, 3.05) is 13.6 Å². The van der Waals surface area contributed by atoms with E-state index >= 15 is 0 Å². The van der Waals surface area contributed by atoms with Gasteiger partial charge in [0.05, 0.1) is 12.0 Å². The minimum atomic E-state index is -0.613. The Morgan fingerprint density at radius 2 is 2.12 bits per heavy atom. The van der Waals surface area contributed by atoms with Crippen LogP contribution in [-0.4, -0.2) is 40.4 Å². The second-order valence-electron chi connectivity index (χ2n) is 6.09. The van der Waals surface area contributed by atoms with E-state index in [9.17, 15) is 14.4 Å². The molecule has 2 amide bonds. The van der Waals surface area contributed by atoms with Gasteiger partial charge in [0.15, 0.2) is 5.82 Å². The molecule has 1 saturated heterocycles. The van der Waals surface area contributed by atoms with Crippen LogP contribution in [0.15, 0.2) is 39.6 Å². The Labute approximate surface area is 144 Å². The fourth-order valence-electron chi connectivity index (χ4n) is 3.22. The van der Waals surface area contributed by atoms with Crippen molar-refractivity contribution in [1.82, 2.24) is 20.4 Å². The van der Waals surface area contributed by atoms with Crippen molar-refractivity contribution in [2.24, 2.45) is 5.92 Å². The van der Waals surface area contributed by atoms with Crippen LogP contribution in [0.5, 0.6) is 0 Å². The third kappa shape index (κ3) is 3.78. The van der Waals surface area contributed by atoms with E-state index in [4.69, 9.17) is 0 Å². The molecule has 132 valence electrons. The first-order chi connectivity index (χ1) is 12.1. The number of benzene rings is 1. The van der Waals surface area contributed by atoms with Gasteiger partial charge in [0, 0.05) is 26.4 Å². The Morgan fingerprint density at radius 3 is 2.80 bits per heavy atom. The zero-order chi connectivity index (χ0) is 17.8. The van der Waals surface area contributed by atoms with Crippen molar-refractivity contribution < 1.29 is 14.1 Å². The van der Waals surface area contributed by atoms with Crippen LogP contribution in [0.1, 0.15) is 30.3 Å². The van der Waals surface area contributed by atoms with Gasteiger partial charge in [-0.15, -0.1) is 0 Å². The average Bonchev–Trinajstić information content (AvgIpc) is 3.03. The van der Waals surface area contributed by atoms with Crippen molar-refractivity contribution in [3.63, 3.8) is 0 Å². The van der Waals surface area contributed by atoms with Crippen molar-refractivity contribution in [2.45, 2.75) is 25.3 Å². The summed E-state index contributed by atoms with van der Waals surface area (Å²) in [5, 5.41) is 6.43. The SMILES string of the molecule is CN1C(=O)CC[C@@H](C(=O)NCCc2noc(=O)[nH]2)[C@H]1c1ccccc1. The summed E-state index contributed by atoms with van der Waals surface area (Å²) in [6.07, 6.45) is 1.23. The number of piperidine rings is 1. The van der Waals surface area contributed by atoms with E-state index in [1.807, 2.05) is 30.3 Å². The summed E-state index contributed by atoms with van der Waals surface area (Å²) in [6.45, 7) is 0.330. The number of H-pyrrole nitrogens is 1. The lowest BCUT2D eigenvalue weighted by Gasteiger charge is -2.38. The summed E-state index contributed by atoms with van der Waals surface area (Å²) in [7, 11) is 1.74. The van der Waals surface area contributed by atoms with Gasteiger partial charge >= 0.3 is 5.76 Å². The van der Waals surface area contributed by atoms with Gasteiger partial charge in [-0.05, 0) is 12.0 Å². The molecule has 1 aromatic heterocycles. The maximum Gasteiger partial charge on any atom is 0.438 e. The molecule has 0 aliphatic carbocycles. The first-order valence-electron chi connectivity index (χ1n) is 8.19. The van der Waals surface area contributed by atoms with Crippen molar-refractivity contribution in [3.8, 4) is 0 Å². The van der Waals surface area contributed by atoms with Gasteiger partial charge in [-0.25, -0.2) is 4.79 Å². The van der Waals surface area contributed by atoms with Crippen LogP contribution >= 0.6 is 0 Å². The maximum atomic E-state index is 12.7. The number of aromatic nitrogens is 2. The number of amides is 2. The predicted molar refractivity (Wildman–Crippen MR) is 88.5 cm³/mol. The molecule has 8 heteroatoms. The summed E-state index contributed by atoms with van der Waals surface area (Å²) >= 11 is 0. The normalized spacial score (nSPS) is 20.5. The zero-order valence-electron chi connectivity index (χ0n) is 13.9. The third-order valence-electron chi connectivity index (χ3n) is 4.48. The van der Waals surface area contributed by atoms with Gasteiger partial charge in [-0.3, -0.25) is 19.1 Å². The van der Waals surface area contributed by atoms with E-state index in [1.165, 1.54) is 0 Å². The predicted octanol–water partition coefficient (Wildman–Crippen LogP) is 0.631. The summed E-state index contributed by atoms with van der Waals surface area (Å²) in [6, 6.07) is 9.28. The van der Waals surface area contributed by atoms with Crippen LogP contribution in [0, 0.1) is 5.92 Å². The molecule has 0 bridgehead atoms. The molecule has 0 saturated carbocycles. The Kier molecular flexibility index (Phi) is 4.97. The van der Waals surface area contributed by atoms with Gasteiger partial charge in [0.1, 0.15) is 0 Å². The van der Waals surface area contributed by atoms with Gasteiger partial charge < -0.3 is 10.2 Å². The highest BCUT2D eigenvalue weighted by atomic mass is 16.5. The molecule has 1 aliphatic heterocycles. The smallest absolute Gasteiger partial charge is 0.355 e. The summed E-state index contributed by atoms with van der Waals surface area (Å²) < 4.78 is 4.42. The van der Waals surface area contributed by atoms with Crippen LogP contribution in [-0.2, 0) is 16.0 Å². The van der Waals surface area contributed by atoms with Crippen LogP contribution in [0.2, 0.25) is 0 Å². The topological polar surface area (TPSA) is 108 Å². The first-order valence-corrected chi connectivity index (χ1v) is 8.19. The number of carbonyl (C=O) groups excluding carboxylic acids is 2. The van der Waals surface area contributed by atoms with Crippen LogP contribution < -0.4 is 11.1 Å². The third-order valence-corrected chi connectivity index (χ3v) is 4.48. The summed E-state index contributed by atoms with van der Waals surface area (Å²) in [5.74, 6) is -0.614. The molecule has 2 N–H and O–H groups in total. The minimum Gasteiger partial charge on any atom is -0.355 e. The Bertz CT molecular complexity index is 798. The maximum absolute atomic E-state index is 12.7. The van der Waals surface area contributed by atoms with Gasteiger partial charge in [-0.2, -0.15) is 0 Å². The number of nitrogens with zero attached hydrogens (tertiary/aromatic N) is 2. The molecule has 2 heterocycles. The largest absolute Gasteiger partial charge is 0.438 e. The molecule has 3 rings (SSSR count). The first kappa shape index (κ1) is 16.9. The number of carbonyl (C=O) groups is 2. The molecule has 1 aromatic carbocycles. The molecule has 8 nitrogen and oxygen atoms in total. The Balaban J connectivity index is 1.68. The number of hydrogen-bond acceptors (Lipinski definition) is 5. The molecule has 0 unspecified atom stereocenters. The molecule has 1 aliphatic rings. The van der Waals surface area contributed by atoms with E-state index in [0.29, 0.717) is 31.6 Å². The molecule has 25 heavy (non-hydrogen) atoms. The Morgan fingerprint density at radius 1 is 1.36 bits per heavy atom. The van der Waals surface area contributed by atoms with Crippen molar-refractivity contribution in [1.29, 1.82) is 0 Å². The molecular weight excluding hydrogens is 324 g/mol. The fourth-order valence-corrected chi connectivity index (χ4v) is 3.22. The molecule has 1 fully saturated rings. The van der Waals surface area contributed by atoms with E-state index in [2.05, 4.69) is 20.0 Å². The highest BCUT2D eigenvalue weighted by Crippen LogP contribution is 2.35. The monoisotopic (exact) mass is 344 g/mol. The molecule has 2 aromatic rings. The molecule has 0 radical (unpaired) electrons. The van der Waals surface area contributed by atoms with Gasteiger partial charge in [0.25, 0.3) is 0 Å². The average molecular weight is 344 g/mol. The van der Waals surface area contributed by atoms with Gasteiger partial charge in [0.2, 0.25) is 11.8 Å². The molecule has 0 spiro atoms. The summed E-state index contributed by atoms with van der Waals surface area (Å²) in [4.78, 5) is 39.7. The second kappa shape index (κ2) is 7.33. The van der Waals surface area contributed by atoms with Crippen LogP contribution in [0.4, 0.5) is 0 Å². The Hall–Kier alpha value is -2.90. The number of rotatable bonds is 5. The lowest BCUT2D eigenvalue weighted by atomic mass is 9.84. The van der Waals surface area contributed by atoms with Crippen LogP contribution in [0.3, 0.4) is 0 Å². The number of aromatic amines is 1. The molecule has 2 atom stereocenters. The minimum absolute atomic E-state index is 0.0399.